The summed E-state index contributed by atoms with van der Waals surface area (Å²) in [7, 11) is 0. The van der Waals surface area contributed by atoms with E-state index in [2.05, 4.69) is 6.08 Å². The summed E-state index contributed by atoms with van der Waals surface area (Å²) in [5, 5.41) is 18.2. The summed E-state index contributed by atoms with van der Waals surface area (Å²) in [5.41, 5.74) is 5.50. The summed E-state index contributed by atoms with van der Waals surface area (Å²) >= 11 is 0. The number of carboxylic acids is 2. The number of hydrogen-bond acceptors (Lipinski definition) is 6. The molecule has 8 nitrogen and oxygen atoms in total. The van der Waals surface area contributed by atoms with Gasteiger partial charge in [-0.1, -0.05) is 55.3 Å². The van der Waals surface area contributed by atoms with Gasteiger partial charge in [-0.3, -0.25) is 9.59 Å². The molecule has 0 saturated heterocycles. The number of halogens is 1. The predicted molar refractivity (Wildman–Crippen MR) is 189 cm³/mol. The van der Waals surface area contributed by atoms with Crippen LogP contribution in [0.5, 0.6) is 11.5 Å². The molecule has 2 N–H and O–H groups in total. The van der Waals surface area contributed by atoms with E-state index in [0.29, 0.717) is 42.5 Å². The van der Waals surface area contributed by atoms with Crippen LogP contribution in [0.25, 0.3) is 16.9 Å². The third-order valence-electron chi connectivity index (χ3n) is 8.49. The van der Waals surface area contributed by atoms with Crippen LogP contribution in [0.1, 0.15) is 74.5 Å². The van der Waals surface area contributed by atoms with Crippen molar-refractivity contribution in [3.05, 3.63) is 125 Å². The smallest absolute Gasteiger partial charge is 0.303 e. The minimum absolute atomic E-state index is 0.00606. The molecule has 0 amide bonds. The van der Waals surface area contributed by atoms with Gasteiger partial charge in [-0.05, 0) is 109 Å². The van der Waals surface area contributed by atoms with E-state index in [1.54, 1.807) is 24.7 Å². The quantitative estimate of drug-likeness (QED) is 0.120. The minimum atomic E-state index is -0.875. The largest absolute Gasteiger partial charge is 0.494 e. The number of aliphatic carboxylic acids is 2. The Hall–Kier alpha value is -5.31. The fraction of sp³-hybridized carbons (Fsp3) is 0.317. The molecule has 9 heteroatoms. The molecule has 3 aromatic rings. The normalized spacial score (nSPS) is 13.7. The molecule has 3 aromatic carbocycles. The van der Waals surface area contributed by atoms with Gasteiger partial charge in [0.2, 0.25) is 0 Å². The molecule has 1 aliphatic carbocycles. The number of ether oxygens (including phenoxy) is 4. The zero-order valence-electron chi connectivity index (χ0n) is 28.1. The van der Waals surface area contributed by atoms with Gasteiger partial charge in [-0.15, -0.1) is 0 Å². The van der Waals surface area contributed by atoms with Crippen molar-refractivity contribution in [1.29, 1.82) is 0 Å². The van der Waals surface area contributed by atoms with Gasteiger partial charge in [0, 0.05) is 18.4 Å². The Labute approximate surface area is 292 Å². The molecule has 0 radical (unpaired) electrons. The minimum Gasteiger partial charge on any atom is -0.494 e. The van der Waals surface area contributed by atoms with Crippen LogP contribution >= 0.6 is 0 Å². The fourth-order valence-electron chi connectivity index (χ4n) is 5.90. The lowest BCUT2D eigenvalue weighted by atomic mass is 9.97. The standard InChI is InChI=1S/C41H43FO8/c42-34-18-16-29(17-19-34)32-24-33(39-28-47-27-38(50-39)31-11-5-3-6-12-31)26-35(25-32)48-22-7-2-1-4-10-30-13-8-14-37(36(30)20-21-41(45)46)49-23-9-15-40(43)44/h3,5,8,11,13-14,16-19,24-28H,1-2,4,6-7,9-10,12,15,20-23H2,(H,43,44)(H,45,46). The number of unbranched alkanes of at least 4 members (excludes halogenated alkanes) is 3. The Balaban J connectivity index is 1.17. The van der Waals surface area contributed by atoms with Crippen molar-refractivity contribution in [2.45, 2.75) is 70.6 Å². The highest BCUT2D eigenvalue weighted by molar-refractivity contribution is 5.73. The molecule has 5 rings (SSSR count). The van der Waals surface area contributed by atoms with Crippen molar-refractivity contribution in [3.8, 4) is 22.6 Å². The van der Waals surface area contributed by atoms with Gasteiger partial charge >= 0.3 is 11.9 Å². The second-order valence-electron chi connectivity index (χ2n) is 12.3. The van der Waals surface area contributed by atoms with E-state index in [4.69, 9.17) is 24.1 Å². The zero-order valence-corrected chi connectivity index (χ0v) is 28.1. The Bertz CT molecular complexity index is 1750. The average molecular weight is 683 g/mol. The Kier molecular flexibility index (Phi) is 13.3. The molecule has 50 heavy (non-hydrogen) atoms. The van der Waals surface area contributed by atoms with Crippen molar-refractivity contribution in [3.63, 3.8) is 0 Å². The van der Waals surface area contributed by atoms with Crippen molar-refractivity contribution in [1.82, 2.24) is 0 Å². The number of aryl methyl sites for hydroxylation is 1. The van der Waals surface area contributed by atoms with Crippen LogP contribution < -0.4 is 9.47 Å². The summed E-state index contributed by atoms with van der Waals surface area (Å²) in [4.78, 5) is 22.2. The lowest BCUT2D eigenvalue weighted by molar-refractivity contribution is -0.138. The predicted octanol–water partition coefficient (Wildman–Crippen LogP) is 9.40. The van der Waals surface area contributed by atoms with Gasteiger partial charge in [-0.25, -0.2) is 4.39 Å². The maximum Gasteiger partial charge on any atom is 0.303 e. The maximum absolute atomic E-state index is 13.7. The van der Waals surface area contributed by atoms with Crippen molar-refractivity contribution in [2.24, 2.45) is 0 Å². The molecule has 0 saturated carbocycles. The van der Waals surface area contributed by atoms with Crippen molar-refractivity contribution < 1.29 is 43.1 Å². The summed E-state index contributed by atoms with van der Waals surface area (Å²) < 4.78 is 37.8. The number of carbonyl (C=O) groups is 2. The monoisotopic (exact) mass is 682 g/mol. The van der Waals surface area contributed by atoms with Crippen LogP contribution in [-0.2, 0) is 31.9 Å². The first-order chi connectivity index (χ1) is 24.4. The first-order valence-electron chi connectivity index (χ1n) is 17.2. The van der Waals surface area contributed by atoms with Crippen LogP contribution in [0, 0.1) is 5.82 Å². The second-order valence-corrected chi connectivity index (χ2v) is 12.3. The molecule has 1 aliphatic heterocycles. The van der Waals surface area contributed by atoms with Crippen LogP contribution in [-0.4, -0.2) is 35.4 Å². The van der Waals surface area contributed by atoms with Gasteiger partial charge in [-0.2, -0.15) is 0 Å². The van der Waals surface area contributed by atoms with Crippen LogP contribution in [0.3, 0.4) is 0 Å². The van der Waals surface area contributed by atoms with E-state index in [9.17, 15) is 19.1 Å². The number of hydrogen-bond donors (Lipinski definition) is 2. The third kappa shape index (κ3) is 10.9. The Morgan fingerprint density at radius 1 is 0.760 bits per heavy atom. The number of benzene rings is 3. The zero-order chi connectivity index (χ0) is 35.1. The lowest BCUT2D eigenvalue weighted by Crippen LogP contribution is -2.07. The van der Waals surface area contributed by atoms with E-state index in [-0.39, 0.29) is 25.3 Å². The highest BCUT2D eigenvalue weighted by Crippen LogP contribution is 2.35. The molecule has 0 atom stereocenters. The Morgan fingerprint density at radius 3 is 2.30 bits per heavy atom. The molecule has 0 spiro atoms. The molecule has 2 aliphatic rings. The molecule has 0 fully saturated rings. The van der Waals surface area contributed by atoms with Gasteiger partial charge in [0.15, 0.2) is 11.5 Å². The van der Waals surface area contributed by atoms with E-state index in [1.165, 1.54) is 12.1 Å². The highest BCUT2D eigenvalue weighted by Gasteiger charge is 2.18. The van der Waals surface area contributed by atoms with E-state index in [0.717, 1.165) is 78.3 Å². The highest BCUT2D eigenvalue weighted by atomic mass is 19.1. The number of allylic oxidation sites excluding steroid dienone is 4. The Morgan fingerprint density at radius 2 is 1.52 bits per heavy atom. The van der Waals surface area contributed by atoms with Gasteiger partial charge < -0.3 is 29.2 Å². The number of carboxylic acid groups (broad SMARTS) is 2. The SMILES string of the molecule is O=C(O)CCCOc1cccc(CCCCCCOc2cc(C3=COC=C(C4=CC=CCC4)O3)cc(-c3ccc(F)cc3)c2)c1CCC(=O)O. The van der Waals surface area contributed by atoms with Crippen LogP contribution in [0.2, 0.25) is 0 Å². The van der Waals surface area contributed by atoms with E-state index < -0.39 is 11.9 Å². The summed E-state index contributed by atoms with van der Waals surface area (Å²) in [6, 6.07) is 17.9. The molecule has 0 unspecified atom stereocenters. The van der Waals surface area contributed by atoms with Crippen LogP contribution in [0.15, 0.2) is 103 Å². The fourth-order valence-corrected chi connectivity index (χ4v) is 5.90. The molecule has 1 heterocycles. The average Bonchev–Trinajstić information content (AvgIpc) is 3.13. The van der Waals surface area contributed by atoms with Gasteiger partial charge in [0.1, 0.15) is 29.8 Å². The molecule has 0 aromatic heterocycles. The van der Waals surface area contributed by atoms with Crippen LogP contribution in [0.4, 0.5) is 4.39 Å². The number of rotatable bonds is 19. The molecule has 0 bridgehead atoms. The van der Waals surface area contributed by atoms with Crippen molar-refractivity contribution in [2.75, 3.05) is 13.2 Å². The molecular weight excluding hydrogens is 639 g/mol. The molecular formula is C41H43FO8. The summed E-state index contributed by atoms with van der Waals surface area (Å²) in [5.74, 6) is 0.477. The first kappa shape index (κ1) is 36.0. The summed E-state index contributed by atoms with van der Waals surface area (Å²) in [6.07, 6.45) is 16.4. The van der Waals surface area contributed by atoms with Gasteiger partial charge in [0.25, 0.3) is 0 Å². The topological polar surface area (TPSA) is 112 Å². The lowest BCUT2D eigenvalue weighted by Gasteiger charge is -2.20. The second kappa shape index (κ2) is 18.5. The maximum atomic E-state index is 13.7. The van der Waals surface area contributed by atoms with E-state index >= 15 is 0 Å². The van der Waals surface area contributed by atoms with E-state index in [1.807, 2.05) is 48.6 Å². The summed E-state index contributed by atoms with van der Waals surface area (Å²) in [6.45, 7) is 0.771. The first-order valence-corrected chi connectivity index (χ1v) is 17.2. The third-order valence-corrected chi connectivity index (χ3v) is 8.49. The molecule has 262 valence electrons. The van der Waals surface area contributed by atoms with Gasteiger partial charge in [0.05, 0.1) is 13.2 Å². The van der Waals surface area contributed by atoms with Crippen molar-refractivity contribution >= 4 is 17.7 Å².